The first-order valence-electron chi connectivity index (χ1n) is 11.5. The molecule has 4 rings (SSSR count). The highest BCUT2D eigenvalue weighted by Gasteiger charge is 2.36. The van der Waals surface area contributed by atoms with Gasteiger partial charge in [0.1, 0.15) is 5.69 Å². The van der Waals surface area contributed by atoms with E-state index in [9.17, 15) is 23.1 Å². The van der Waals surface area contributed by atoms with Crippen LogP contribution in [0.2, 0.25) is 5.02 Å². The molecule has 200 valence electrons. The second-order valence-corrected chi connectivity index (χ2v) is 9.33. The number of pyridine rings is 1. The van der Waals surface area contributed by atoms with Gasteiger partial charge in [0, 0.05) is 29.7 Å². The standard InChI is InChI=1S/C27H22ClF3N6O2/c1-26(2,39)15-11-21(32)22(35-14-15)24(36-16-7-4-3-5-8-16)37-25(38)18-12-17(23-33-9-6-10-34-23)19(13-20(18)28)27(29,30)31/h3-14,39H,32H2,1-2H3,(H,36,37,38). The van der Waals surface area contributed by atoms with Crippen molar-refractivity contribution in [2.75, 3.05) is 5.73 Å². The minimum Gasteiger partial charge on any atom is -0.397 e. The molecule has 12 heteroatoms. The molecule has 0 saturated heterocycles. The molecule has 0 radical (unpaired) electrons. The zero-order valence-corrected chi connectivity index (χ0v) is 21.4. The molecule has 0 saturated carbocycles. The summed E-state index contributed by atoms with van der Waals surface area (Å²) in [6.07, 6.45) is -0.831. The molecule has 2 heterocycles. The van der Waals surface area contributed by atoms with Crippen molar-refractivity contribution in [1.82, 2.24) is 20.3 Å². The highest BCUT2D eigenvalue weighted by molar-refractivity contribution is 6.34. The van der Waals surface area contributed by atoms with Crippen LogP contribution in [0.15, 0.2) is 78.2 Å². The number of aliphatic hydroxyl groups is 1. The average Bonchev–Trinajstić information content (AvgIpc) is 2.88. The van der Waals surface area contributed by atoms with Crippen LogP contribution in [0.1, 0.15) is 41.0 Å². The monoisotopic (exact) mass is 554 g/mol. The Kier molecular flexibility index (Phi) is 7.66. The van der Waals surface area contributed by atoms with E-state index in [1.807, 2.05) is 0 Å². The minimum absolute atomic E-state index is 0.0786. The predicted octanol–water partition coefficient (Wildman–Crippen LogP) is 5.53. The summed E-state index contributed by atoms with van der Waals surface area (Å²) in [5.41, 5.74) is 4.22. The van der Waals surface area contributed by atoms with Gasteiger partial charge in [0.15, 0.2) is 11.7 Å². The summed E-state index contributed by atoms with van der Waals surface area (Å²) < 4.78 is 41.4. The molecule has 4 aromatic rings. The number of halogens is 4. The third-order valence-electron chi connectivity index (χ3n) is 5.54. The molecule has 8 nitrogen and oxygen atoms in total. The smallest absolute Gasteiger partial charge is 0.397 e. The lowest BCUT2D eigenvalue weighted by Crippen LogP contribution is -2.33. The van der Waals surface area contributed by atoms with Gasteiger partial charge in [-0.2, -0.15) is 13.2 Å². The van der Waals surface area contributed by atoms with Crippen LogP contribution in [0, 0.1) is 0 Å². The van der Waals surface area contributed by atoms with E-state index in [1.54, 1.807) is 44.2 Å². The van der Waals surface area contributed by atoms with E-state index in [2.05, 4.69) is 25.3 Å². The summed E-state index contributed by atoms with van der Waals surface area (Å²) >= 11 is 6.17. The highest BCUT2D eigenvalue weighted by atomic mass is 35.5. The van der Waals surface area contributed by atoms with Gasteiger partial charge in [-0.15, -0.1) is 0 Å². The Labute approximate surface area is 226 Å². The maximum atomic E-state index is 13.8. The molecule has 2 aromatic heterocycles. The molecule has 0 unspecified atom stereocenters. The molecule has 0 spiro atoms. The molecule has 0 aliphatic heterocycles. The number of rotatable bonds is 5. The topological polar surface area (TPSA) is 126 Å². The number of aromatic nitrogens is 3. The van der Waals surface area contributed by atoms with Crippen molar-refractivity contribution < 1.29 is 23.1 Å². The Morgan fingerprint density at radius 3 is 2.28 bits per heavy atom. The Morgan fingerprint density at radius 1 is 1.03 bits per heavy atom. The third kappa shape index (κ3) is 6.39. The lowest BCUT2D eigenvalue weighted by atomic mass is 9.99. The number of anilines is 1. The van der Waals surface area contributed by atoms with E-state index < -0.39 is 33.8 Å². The van der Waals surface area contributed by atoms with Crippen LogP contribution in [-0.2, 0) is 11.8 Å². The molecule has 39 heavy (non-hydrogen) atoms. The summed E-state index contributed by atoms with van der Waals surface area (Å²) in [5.74, 6) is -1.19. The zero-order valence-electron chi connectivity index (χ0n) is 20.7. The van der Waals surface area contributed by atoms with Crippen molar-refractivity contribution in [3.63, 3.8) is 0 Å². The van der Waals surface area contributed by atoms with Gasteiger partial charge in [-0.05, 0) is 50.2 Å². The van der Waals surface area contributed by atoms with Crippen molar-refractivity contribution >= 4 is 34.7 Å². The van der Waals surface area contributed by atoms with Crippen LogP contribution in [-0.4, -0.2) is 31.8 Å². The lowest BCUT2D eigenvalue weighted by Gasteiger charge is -2.19. The molecule has 4 N–H and O–H groups in total. The quantitative estimate of drug-likeness (QED) is 0.220. The number of carbonyl (C=O) groups excluding carboxylic acids is 1. The highest BCUT2D eigenvalue weighted by Crippen LogP contribution is 2.39. The fourth-order valence-corrected chi connectivity index (χ4v) is 3.82. The Balaban J connectivity index is 1.81. The second-order valence-electron chi connectivity index (χ2n) is 8.92. The Morgan fingerprint density at radius 2 is 1.69 bits per heavy atom. The van der Waals surface area contributed by atoms with Gasteiger partial charge in [0.05, 0.1) is 33.1 Å². The molecule has 0 aliphatic rings. The van der Waals surface area contributed by atoms with Crippen molar-refractivity contribution in [1.29, 1.82) is 0 Å². The molecule has 0 aliphatic carbocycles. The summed E-state index contributed by atoms with van der Waals surface area (Å²) in [6, 6.07) is 13.1. The molecule has 1 amide bonds. The number of hydrogen-bond acceptors (Lipinski definition) is 7. The molecular formula is C27H22ClF3N6O2. The summed E-state index contributed by atoms with van der Waals surface area (Å²) in [4.78, 5) is 30.0. The number of hydrogen-bond donors (Lipinski definition) is 3. The Bertz CT molecular complexity index is 1540. The van der Waals surface area contributed by atoms with E-state index >= 15 is 0 Å². The number of nitrogens with two attached hydrogens (primary N) is 1. The van der Waals surface area contributed by atoms with E-state index in [1.165, 1.54) is 30.7 Å². The maximum Gasteiger partial charge on any atom is 0.417 e. The SMILES string of the molecule is CC(C)(O)c1cnc(C(=Nc2ccccc2)NC(=O)c2cc(-c3ncccn3)c(C(F)(F)F)cc2Cl)c(N)c1. The van der Waals surface area contributed by atoms with E-state index in [0.717, 1.165) is 6.07 Å². The van der Waals surface area contributed by atoms with Crippen LogP contribution < -0.4 is 11.1 Å². The van der Waals surface area contributed by atoms with Gasteiger partial charge < -0.3 is 16.2 Å². The van der Waals surface area contributed by atoms with Gasteiger partial charge in [0.25, 0.3) is 5.91 Å². The van der Waals surface area contributed by atoms with Gasteiger partial charge in [-0.25, -0.2) is 15.0 Å². The van der Waals surface area contributed by atoms with E-state index in [4.69, 9.17) is 17.3 Å². The number of benzene rings is 2. The predicted molar refractivity (Wildman–Crippen MR) is 141 cm³/mol. The molecule has 0 atom stereocenters. The second kappa shape index (κ2) is 10.8. The first-order chi connectivity index (χ1) is 18.3. The molecule has 0 bridgehead atoms. The maximum absolute atomic E-state index is 13.8. The summed E-state index contributed by atoms with van der Waals surface area (Å²) in [6.45, 7) is 3.12. The van der Waals surface area contributed by atoms with Crippen molar-refractivity contribution in [3.8, 4) is 11.4 Å². The number of carbonyl (C=O) groups is 1. The molecule has 2 aromatic carbocycles. The fourth-order valence-electron chi connectivity index (χ4n) is 3.57. The van der Waals surface area contributed by atoms with Gasteiger partial charge in [-0.3, -0.25) is 9.78 Å². The number of nitrogens with zero attached hydrogens (tertiary/aromatic N) is 4. The largest absolute Gasteiger partial charge is 0.417 e. The van der Waals surface area contributed by atoms with Crippen LogP contribution in [0.5, 0.6) is 0 Å². The normalized spacial score (nSPS) is 12.3. The number of para-hydroxylation sites is 1. The lowest BCUT2D eigenvalue weighted by molar-refractivity contribution is -0.137. The molecular weight excluding hydrogens is 533 g/mol. The van der Waals surface area contributed by atoms with Crippen LogP contribution in [0.3, 0.4) is 0 Å². The number of aliphatic imine (C=N–C) groups is 1. The summed E-state index contributed by atoms with van der Waals surface area (Å²) in [5, 5.41) is 12.4. The van der Waals surface area contributed by atoms with Crippen LogP contribution in [0.4, 0.5) is 24.5 Å². The fraction of sp³-hybridized carbons (Fsp3) is 0.148. The number of alkyl halides is 3. The van der Waals surface area contributed by atoms with Crippen molar-refractivity contribution in [3.05, 3.63) is 101 Å². The minimum atomic E-state index is -4.78. The summed E-state index contributed by atoms with van der Waals surface area (Å²) in [7, 11) is 0. The average molecular weight is 555 g/mol. The van der Waals surface area contributed by atoms with Crippen molar-refractivity contribution in [2.24, 2.45) is 4.99 Å². The number of amides is 1. The molecule has 0 fully saturated rings. The van der Waals surface area contributed by atoms with Crippen LogP contribution >= 0.6 is 11.6 Å². The first kappa shape index (κ1) is 27.7. The van der Waals surface area contributed by atoms with Gasteiger partial charge >= 0.3 is 6.18 Å². The van der Waals surface area contributed by atoms with Crippen molar-refractivity contribution in [2.45, 2.75) is 25.6 Å². The Hall–Kier alpha value is -4.35. The van der Waals surface area contributed by atoms with Crippen LogP contribution in [0.25, 0.3) is 11.4 Å². The first-order valence-corrected chi connectivity index (χ1v) is 11.8. The number of amidine groups is 1. The van der Waals surface area contributed by atoms with Gasteiger partial charge in [-0.1, -0.05) is 29.8 Å². The van der Waals surface area contributed by atoms with E-state index in [0.29, 0.717) is 17.3 Å². The number of nitrogen functional groups attached to an aromatic ring is 1. The zero-order chi connectivity index (χ0) is 28.4. The van der Waals surface area contributed by atoms with Gasteiger partial charge in [0.2, 0.25) is 0 Å². The van der Waals surface area contributed by atoms with E-state index in [-0.39, 0.29) is 28.6 Å². The third-order valence-corrected chi connectivity index (χ3v) is 5.85. The number of nitrogens with one attached hydrogen (secondary N) is 1.